The third-order valence-corrected chi connectivity index (χ3v) is 4.51. The molecule has 1 fully saturated rings. The van der Waals surface area contributed by atoms with E-state index in [0.717, 1.165) is 46.9 Å². The summed E-state index contributed by atoms with van der Waals surface area (Å²) in [4.78, 5) is 14.2. The van der Waals surface area contributed by atoms with E-state index < -0.39 is 0 Å². The van der Waals surface area contributed by atoms with Crippen LogP contribution in [0.5, 0.6) is 5.75 Å². The van der Waals surface area contributed by atoms with Crippen molar-refractivity contribution in [3.8, 4) is 5.75 Å². The molecular weight excluding hydrogens is 274 g/mol. The second-order valence-electron chi connectivity index (χ2n) is 4.79. The average molecular weight is 291 g/mol. The monoisotopic (exact) mass is 291 g/mol. The summed E-state index contributed by atoms with van der Waals surface area (Å²) in [6, 6.07) is 5.69. The van der Waals surface area contributed by atoms with Crippen LogP contribution in [0, 0.1) is 0 Å². The molecule has 4 nitrogen and oxygen atoms in total. The molecule has 0 bridgehead atoms. The molecule has 2 aromatic rings. The van der Waals surface area contributed by atoms with Crippen molar-refractivity contribution in [3.63, 3.8) is 0 Å². The maximum Gasteiger partial charge on any atom is 0.227 e. The van der Waals surface area contributed by atoms with Gasteiger partial charge in [0.05, 0.1) is 19.8 Å². The van der Waals surface area contributed by atoms with E-state index in [4.69, 9.17) is 9.15 Å². The minimum Gasteiger partial charge on any atom is -0.497 e. The van der Waals surface area contributed by atoms with Gasteiger partial charge in [0.2, 0.25) is 5.91 Å². The Kier molecular flexibility index (Phi) is 3.87. The van der Waals surface area contributed by atoms with Gasteiger partial charge in [-0.25, -0.2) is 0 Å². The molecule has 0 atom stereocenters. The quantitative estimate of drug-likeness (QED) is 0.871. The van der Waals surface area contributed by atoms with Gasteiger partial charge in [0.25, 0.3) is 0 Å². The van der Waals surface area contributed by atoms with Crippen LogP contribution >= 0.6 is 11.8 Å². The molecule has 0 saturated carbocycles. The van der Waals surface area contributed by atoms with E-state index in [9.17, 15) is 4.79 Å². The first-order valence-corrected chi connectivity index (χ1v) is 7.83. The van der Waals surface area contributed by atoms with Crippen LogP contribution in [-0.4, -0.2) is 42.5 Å². The van der Waals surface area contributed by atoms with Gasteiger partial charge in [0.1, 0.15) is 11.3 Å². The van der Waals surface area contributed by atoms with Gasteiger partial charge >= 0.3 is 0 Å². The van der Waals surface area contributed by atoms with Crippen LogP contribution in [0.25, 0.3) is 11.0 Å². The molecule has 0 aliphatic carbocycles. The Morgan fingerprint density at radius 1 is 1.40 bits per heavy atom. The largest absolute Gasteiger partial charge is 0.497 e. The third kappa shape index (κ3) is 2.63. The minimum absolute atomic E-state index is 0.184. The van der Waals surface area contributed by atoms with E-state index in [1.165, 1.54) is 0 Å². The molecule has 1 aliphatic rings. The predicted octanol–water partition coefficient (Wildman–Crippen LogP) is 2.56. The lowest BCUT2D eigenvalue weighted by atomic mass is 10.1. The molecular formula is C15H17NO3S. The topological polar surface area (TPSA) is 42.7 Å². The Bertz CT molecular complexity index is 617. The number of rotatable bonds is 3. The molecule has 2 heterocycles. The van der Waals surface area contributed by atoms with Crippen LogP contribution < -0.4 is 4.74 Å². The normalized spacial score (nSPS) is 15.6. The summed E-state index contributed by atoms with van der Waals surface area (Å²) in [5, 5.41) is 0.991. The van der Waals surface area contributed by atoms with Crippen molar-refractivity contribution < 1.29 is 13.9 Å². The highest BCUT2D eigenvalue weighted by molar-refractivity contribution is 7.99. The van der Waals surface area contributed by atoms with Crippen LogP contribution in [0.4, 0.5) is 0 Å². The SMILES string of the molecule is COc1ccc2c(CC(=O)N3CCSCC3)coc2c1. The summed E-state index contributed by atoms with van der Waals surface area (Å²) in [6.07, 6.45) is 2.09. The number of amides is 1. The highest BCUT2D eigenvalue weighted by Gasteiger charge is 2.19. The number of thioether (sulfide) groups is 1. The standard InChI is InChI=1S/C15H17NO3S/c1-18-12-2-3-13-11(10-19-14(13)9-12)8-15(17)16-4-6-20-7-5-16/h2-3,9-10H,4-8H2,1H3. The van der Waals surface area contributed by atoms with Crippen molar-refractivity contribution in [2.24, 2.45) is 0 Å². The number of hydrogen-bond donors (Lipinski definition) is 0. The Morgan fingerprint density at radius 3 is 2.95 bits per heavy atom. The number of benzene rings is 1. The lowest BCUT2D eigenvalue weighted by Crippen LogP contribution is -2.38. The summed E-state index contributed by atoms with van der Waals surface area (Å²) in [5.41, 5.74) is 1.72. The predicted molar refractivity (Wildman–Crippen MR) is 80.4 cm³/mol. The van der Waals surface area contributed by atoms with Crippen molar-refractivity contribution in [1.82, 2.24) is 4.90 Å². The van der Waals surface area contributed by atoms with Crippen molar-refractivity contribution in [2.75, 3.05) is 31.7 Å². The fourth-order valence-electron chi connectivity index (χ4n) is 2.41. The second kappa shape index (κ2) is 5.79. The summed E-state index contributed by atoms with van der Waals surface area (Å²) in [7, 11) is 1.63. The van der Waals surface area contributed by atoms with Gasteiger partial charge in [-0.05, 0) is 12.1 Å². The molecule has 1 amide bonds. The molecule has 1 aromatic carbocycles. The summed E-state index contributed by atoms with van der Waals surface area (Å²) in [5.74, 6) is 3.02. The zero-order chi connectivity index (χ0) is 13.9. The Morgan fingerprint density at radius 2 is 2.20 bits per heavy atom. The molecule has 0 radical (unpaired) electrons. The number of carbonyl (C=O) groups is 1. The van der Waals surface area contributed by atoms with Gasteiger partial charge in [-0.1, -0.05) is 0 Å². The minimum atomic E-state index is 0.184. The van der Waals surface area contributed by atoms with E-state index in [1.807, 2.05) is 34.9 Å². The van der Waals surface area contributed by atoms with E-state index in [-0.39, 0.29) is 5.91 Å². The van der Waals surface area contributed by atoms with Gasteiger partial charge in [0, 0.05) is 41.6 Å². The Labute approximate surface area is 122 Å². The van der Waals surface area contributed by atoms with E-state index in [1.54, 1.807) is 13.4 Å². The molecule has 1 saturated heterocycles. The summed E-state index contributed by atoms with van der Waals surface area (Å²) >= 11 is 1.90. The highest BCUT2D eigenvalue weighted by atomic mass is 32.2. The fourth-order valence-corrected chi connectivity index (χ4v) is 3.32. The zero-order valence-electron chi connectivity index (χ0n) is 11.4. The van der Waals surface area contributed by atoms with E-state index in [2.05, 4.69) is 0 Å². The van der Waals surface area contributed by atoms with Crippen LogP contribution in [0.2, 0.25) is 0 Å². The highest BCUT2D eigenvalue weighted by Crippen LogP contribution is 2.26. The van der Waals surface area contributed by atoms with Crippen molar-refractivity contribution in [3.05, 3.63) is 30.0 Å². The van der Waals surface area contributed by atoms with E-state index in [0.29, 0.717) is 6.42 Å². The first-order valence-electron chi connectivity index (χ1n) is 6.67. The van der Waals surface area contributed by atoms with Crippen LogP contribution in [0.1, 0.15) is 5.56 Å². The first-order chi connectivity index (χ1) is 9.78. The molecule has 106 valence electrons. The molecule has 20 heavy (non-hydrogen) atoms. The lowest BCUT2D eigenvalue weighted by molar-refractivity contribution is -0.130. The lowest BCUT2D eigenvalue weighted by Gasteiger charge is -2.26. The molecule has 0 unspecified atom stereocenters. The number of methoxy groups -OCH3 is 1. The average Bonchev–Trinajstić information content (AvgIpc) is 2.90. The van der Waals surface area contributed by atoms with Crippen molar-refractivity contribution >= 4 is 28.6 Å². The van der Waals surface area contributed by atoms with Crippen molar-refractivity contribution in [1.29, 1.82) is 0 Å². The van der Waals surface area contributed by atoms with Gasteiger partial charge in [-0.2, -0.15) is 11.8 Å². The van der Waals surface area contributed by atoms with Gasteiger partial charge < -0.3 is 14.1 Å². The number of ether oxygens (including phenoxy) is 1. The number of carbonyl (C=O) groups excluding carboxylic acids is 1. The zero-order valence-corrected chi connectivity index (χ0v) is 12.2. The van der Waals surface area contributed by atoms with Gasteiger partial charge in [-0.3, -0.25) is 4.79 Å². The molecule has 3 rings (SSSR count). The molecule has 0 spiro atoms. The number of fused-ring (bicyclic) bond motifs is 1. The maximum absolute atomic E-state index is 12.3. The molecule has 5 heteroatoms. The smallest absolute Gasteiger partial charge is 0.227 e. The third-order valence-electron chi connectivity index (χ3n) is 3.57. The molecule has 1 aliphatic heterocycles. The van der Waals surface area contributed by atoms with Crippen molar-refractivity contribution in [2.45, 2.75) is 6.42 Å². The second-order valence-corrected chi connectivity index (χ2v) is 6.02. The molecule has 1 aromatic heterocycles. The molecule has 0 N–H and O–H groups in total. The first kappa shape index (κ1) is 13.4. The van der Waals surface area contributed by atoms with Crippen LogP contribution in [0.3, 0.4) is 0 Å². The Balaban J connectivity index is 1.78. The van der Waals surface area contributed by atoms with E-state index >= 15 is 0 Å². The van der Waals surface area contributed by atoms with Gasteiger partial charge in [-0.15, -0.1) is 0 Å². The van der Waals surface area contributed by atoms with Crippen LogP contribution in [-0.2, 0) is 11.2 Å². The fraction of sp³-hybridized carbons (Fsp3) is 0.400. The maximum atomic E-state index is 12.3. The van der Waals surface area contributed by atoms with Gasteiger partial charge in [0.15, 0.2) is 0 Å². The van der Waals surface area contributed by atoms with Crippen LogP contribution in [0.15, 0.2) is 28.9 Å². The summed E-state index contributed by atoms with van der Waals surface area (Å²) < 4.78 is 10.7. The number of furan rings is 1. The number of nitrogens with zero attached hydrogens (tertiary/aromatic N) is 1. The number of hydrogen-bond acceptors (Lipinski definition) is 4. The summed E-state index contributed by atoms with van der Waals surface area (Å²) in [6.45, 7) is 1.71. The Hall–Kier alpha value is -1.62.